The zero-order valence-corrected chi connectivity index (χ0v) is 10.2. The number of hydrogen-bond donors (Lipinski definition) is 1. The second kappa shape index (κ2) is 4.84. The summed E-state index contributed by atoms with van der Waals surface area (Å²) >= 11 is 0. The van der Waals surface area contributed by atoms with E-state index in [-0.39, 0.29) is 5.54 Å². The van der Waals surface area contributed by atoms with Crippen LogP contribution in [0, 0.1) is 5.92 Å². The molecular weight excluding hydrogens is 184 g/mol. The highest BCUT2D eigenvalue weighted by Gasteiger charge is 2.31. The third-order valence-electron chi connectivity index (χ3n) is 4.38. The predicted octanol–water partition coefficient (Wildman–Crippen LogP) is 2.38. The van der Waals surface area contributed by atoms with Crippen molar-refractivity contribution < 1.29 is 0 Å². The molecule has 0 radical (unpaired) electrons. The van der Waals surface area contributed by atoms with E-state index in [0.717, 1.165) is 5.92 Å². The van der Waals surface area contributed by atoms with Crippen LogP contribution in [0.1, 0.15) is 51.4 Å². The van der Waals surface area contributed by atoms with E-state index in [0.29, 0.717) is 0 Å². The normalized spacial score (nSPS) is 35.6. The molecule has 2 N–H and O–H groups in total. The Morgan fingerprint density at radius 3 is 2.60 bits per heavy atom. The molecule has 15 heavy (non-hydrogen) atoms. The summed E-state index contributed by atoms with van der Waals surface area (Å²) < 4.78 is 0. The summed E-state index contributed by atoms with van der Waals surface area (Å²) in [6.07, 6.45) is 10.8. The van der Waals surface area contributed by atoms with Gasteiger partial charge in [-0.1, -0.05) is 25.7 Å². The Kier molecular flexibility index (Phi) is 3.68. The SMILES string of the molecule is CN1CCCC(N)(CC2CCCC2)CC1. The zero-order valence-electron chi connectivity index (χ0n) is 10.2. The van der Waals surface area contributed by atoms with Crippen molar-refractivity contribution in [1.82, 2.24) is 4.90 Å². The van der Waals surface area contributed by atoms with E-state index < -0.39 is 0 Å². The van der Waals surface area contributed by atoms with Crippen LogP contribution in [0.15, 0.2) is 0 Å². The smallest absolute Gasteiger partial charge is 0.0169 e. The molecule has 88 valence electrons. The van der Waals surface area contributed by atoms with Gasteiger partial charge < -0.3 is 10.6 Å². The molecule has 0 amide bonds. The summed E-state index contributed by atoms with van der Waals surface area (Å²) in [5.74, 6) is 0.943. The molecule has 0 aromatic heterocycles. The van der Waals surface area contributed by atoms with E-state index >= 15 is 0 Å². The molecule has 2 rings (SSSR count). The lowest BCUT2D eigenvalue weighted by molar-refractivity contribution is 0.277. The minimum Gasteiger partial charge on any atom is -0.325 e. The molecule has 1 atom stereocenters. The van der Waals surface area contributed by atoms with Crippen molar-refractivity contribution >= 4 is 0 Å². The van der Waals surface area contributed by atoms with Crippen molar-refractivity contribution in [2.45, 2.75) is 56.9 Å². The van der Waals surface area contributed by atoms with Crippen LogP contribution in [0.5, 0.6) is 0 Å². The Hall–Kier alpha value is -0.0800. The summed E-state index contributed by atoms with van der Waals surface area (Å²) in [5, 5.41) is 0. The molecule has 2 heteroatoms. The number of nitrogens with zero attached hydrogens (tertiary/aromatic N) is 1. The maximum atomic E-state index is 6.57. The fourth-order valence-electron chi connectivity index (χ4n) is 3.34. The van der Waals surface area contributed by atoms with Crippen molar-refractivity contribution in [2.24, 2.45) is 11.7 Å². The lowest BCUT2D eigenvalue weighted by atomic mass is 9.82. The topological polar surface area (TPSA) is 29.3 Å². The molecular formula is C13H26N2. The van der Waals surface area contributed by atoms with E-state index in [2.05, 4.69) is 11.9 Å². The molecule has 0 aromatic carbocycles. The van der Waals surface area contributed by atoms with Gasteiger partial charge in [0.25, 0.3) is 0 Å². The van der Waals surface area contributed by atoms with Crippen LogP contribution < -0.4 is 5.73 Å². The Bertz CT molecular complexity index is 199. The number of nitrogens with two attached hydrogens (primary N) is 1. The maximum absolute atomic E-state index is 6.57. The van der Waals surface area contributed by atoms with Gasteiger partial charge in [-0.2, -0.15) is 0 Å². The molecule has 0 aromatic rings. The molecule has 1 saturated carbocycles. The van der Waals surface area contributed by atoms with Gasteiger partial charge in [0.1, 0.15) is 0 Å². The lowest BCUT2D eigenvalue weighted by Gasteiger charge is -2.31. The minimum atomic E-state index is 0.166. The molecule has 1 aliphatic heterocycles. The lowest BCUT2D eigenvalue weighted by Crippen LogP contribution is -2.42. The third-order valence-corrected chi connectivity index (χ3v) is 4.38. The third kappa shape index (κ3) is 3.18. The highest BCUT2D eigenvalue weighted by atomic mass is 15.1. The first-order valence-corrected chi connectivity index (χ1v) is 6.65. The van der Waals surface area contributed by atoms with E-state index in [9.17, 15) is 0 Å². The van der Waals surface area contributed by atoms with E-state index in [4.69, 9.17) is 5.73 Å². The summed E-state index contributed by atoms with van der Waals surface area (Å²) in [5.41, 5.74) is 6.74. The van der Waals surface area contributed by atoms with Crippen molar-refractivity contribution in [1.29, 1.82) is 0 Å². The van der Waals surface area contributed by atoms with Crippen LogP contribution in [0.2, 0.25) is 0 Å². The second-order valence-electron chi connectivity index (χ2n) is 5.87. The Morgan fingerprint density at radius 2 is 1.87 bits per heavy atom. The molecule has 1 saturated heterocycles. The average Bonchev–Trinajstić information content (AvgIpc) is 2.61. The van der Waals surface area contributed by atoms with Crippen LogP contribution >= 0.6 is 0 Å². The molecule has 1 heterocycles. The summed E-state index contributed by atoms with van der Waals surface area (Å²) in [7, 11) is 2.22. The summed E-state index contributed by atoms with van der Waals surface area (Å²) in [4.78, 5) is 2.43. The zero-order chi connectivity index (χ0) is 10.7. The van der Waals surface area contributed by atoms with Gasteiger partial charge in [-0.15, -0.1) is 0 Å². The van der Waals surface area contributed by atoms with Crippen LogP contribution in [0.3, 0.4) is 0 Å². The molecule has 2 fully saturated rings. The fraction of sp³-hybridized carbons (Fsp3) is 1.00. The monoisotopic (exact) mass is 210 g/mol. The van der Waals surface area contributed by atoms with Gasteiger partial charge in [0.15, 0.2) is 0 Å². The van der Waals surface area contributed by atoms with E-state index in [1.807, 2.05) is 0 Å². The van der Waals surface area contributed by atoms with Crippen molar-refractivity contribution in [3.8, 4) is 0 Å². The van der Waals surface area contributed by atoms with Gasteiger partial charge >= 0.3 is 0 Å². The van der Waals surface area contributed by atoms with Gasteiger partial charge in [0.05, 0.1) is 0 Å². The minimum absolute atomic E-state index is 0.166. The fourth-order valence-corrected chi connectivity index (χ4v) is 3.34. The first kappa shape index (κ1) is 11.4. The molecule has 2 aliphatic rings. The van der Waals surface area contributed by atoms with Gasteiger partial charge in [0, 0.05) is 5.54 Å². The summed E-state index contributed by atoms with van der Waals surface area (Å²) in [6.45, 7) is 2.44. The van der Waals surface area contributed by atoms with Crippen molar-refractivity contribution in [2.75, 3.05) is 20.1 Å². The standard InChI is InChI=1S/C13H26N2/c1-15-9-4-7-13(14,8-10-15)11-12-5-2-3-6-12/h12H,2-11,14H2,1H3. The van der Waals surface area contributed by atoms with Gasteiger partial charge in [-0.3, -0.25) is 0 Å². The first-order chi connectivity index (χ1) is 7.18. The van der Waals surface area contributed by atoms with Crippen molar-refractivity contribution in [3.05, 3.63) is 0 Å². The molecule has 1 unspecified atom stereocenters. The summed E-state index contributed by atoms with van der Waals surface area (Å²) in [6, 6.07) is 0. The van der Waals surface area contributed by atoms with Crippen LogP contribution in [0.25, 0.3) is 0 Å². The highest BCUT2D eigenvalue weighted by molar-refractivity contribution is 4.90. The first-order valence-electron chi connectivity index (χ1n) is 6.65. The Balaban J connectivity index is 1.86. The van der Waals surface area contributed by atoms with Gasteiger partial charge in [0.2, 0.25) is 0 Å². The number of rotatable bonds is 2. The Labute approximate surface area is 94.2 Å². The molecule has 0 spiro atoms. The number of hydrogen-bond acceptors (Lipinski definition) is 2. The average molecular weight is 210 g/mol. The largest absolute Gasteiger partial charge is 0.325 e. The van der Waals surface area contributed by atoms with Crippen LogP contribution in [-0.4, -0.2) is 30.6 Å². The van der Waals surface area contributed by atoms with Crippen molar-refractivity contribution in [3.63, 3.8) is 0 Å². The quantitative estimate of drug-likeness (QED) is 0.758. The molecule has 1 aliphatic carbocycles. The Morgan fingerprint density at radius 1 is 1.13 bits per heavy atom. The highest BCUT2D eigenvalue weighted by Crippen LogP contribution is 2.34. The van der Waals surface area contributed by atoms with Gasteiger partial charge in [-0.25, -0.2) is 0 Å². The maximum Gasteiger partial charge on any atom is 0.0169 e. The second-order valence-corrected chi connectivity index (χ2v) is 5.87. The van der Waals surface area contributed by atoms with E-state index in [1.54, 1.807) is 0 Å². The molecule has 2 nitrogen and oxygen atoms in total. The molecule has 0 bridgehead atoms. The van der Waals surface area contributed by atoms with Gasteiger partial charge in [-0.05, 0) is 51.7 Å². The van der Waals surface area contributed by atoms with Crippen LogP contribution in [0.4, 0.5) is 0 Å². The van der Waals surface area contributed by atoms with E-state index in [1.165, 1.54) is 64.5 Å². The number of likely N-dealkylation sites (tertiary alicyclic amines) is 1. The van der Waals surface area contributed by atoms with Crippen LogP contribution in [-0.2, 0) is 0 Å². The predicted molar refractivity (Wildman–Crippen MR) is 64.8 cm³/mol.